The van der Waals surface area contributed by atoms with E-state index in [-0.39, 0.29) is 5.91 Å². The number of carbonyl (C=O) groups excluding carboxylic acids is 1. The molecular formula is C13H17ClN2OS. The van der Waals surface area contributed by atoms with Crippen LogP contribution in [0.5, 0.6) is 0 Å². The van der Waals surface area contributed by atoms with E-state index < -0.39 is 0 Å². The van der Waals surface area contributed by atoms with E-state index >= 15 is 0 Å². The Morgan fingerprint density at radius 2 is 2.06 bits per heavy atom. The Hall–Kier alpha value is -0.870. The maximum absolute atomic E-state index is 12.0. The van der Waals surface area contributed by atoms with Gasteiger partial charge in [0.15, 0.2) is 0 Å². The monoisotopic (exact) mass is 284 g/mol. The van der Waals surface area contributed by atoms with E-state index in [2.05, 4.69) is 0 Å². The van der Waals surface area contributed by atoms with Gasteiger partial charge >= 0.3 is 0 Å². The summed E-state index contributed by atoms with van der Waals surface area (Å²) in [6, 6.07) is 5.35. The Kier molecular flexibility index (Phi) is 4.78. The molecule has 1 heterocycles. The molecule has 1 saturated heterocycles. The number of benzene rings is 1. The minimum atomic E-state index is 0.193. The van der Waals surface area contributed by atoms with E-state index in [0.717, 1.165) is 30.8 Å². The molecule has 0 spiro atoms. The second kappa shape index (κ2) is 6.34. The van der Waals surface area contributed by atoms with E-state index in [9.17, 15) is 4.79 Å². The van der Waals surface area contributed by atoms with Crippen molar-refractivity contribution in [3.8, 4) is 0 Å². The number of nitrogens with zero attached hydrogens (tertiary/aromatic N) is 1. The van der Waals surface area contributed by atoms with Crippen LogP contribution in [0.1, 0.15) is 19.3 Å². The van der Waals surface area contributed by atoms with Crippen molar-refractivity contribution in [2.75, 3.05) is 24.6 Å². The molecule has 0 aromatic heterocycles. The molecule has 2 N–H and O–H groups in total. The quantitative estimate of drug-likeness (QED) is 0.685. The SMILES string of the molecule is Nc1ccc(Cl)c(SCC(=O)N2CCCCC2)c1. The summed E-state index contributed by atoms with van der Waals surface area (Å²) in [6.07, 6.45) is 3.48. The Morgan fingerprint density at radius 3 is 2.78 bits per heavy atom. The zero-order valence-electron chi connectivity index (χ0n) is 10.2. The fourth-order valence-corrected chi connectivity index (χ4v) is 3.17. The summed E-state index contributed by atoms with van der Waals surface area (Å²) < 4.78 is 0. The first-order valence-electron chi connectivity index (χ1n) is 6.12. The number of amides is 1. The van der Waals surface area contributed by atoms with Crippen molar-refractivity contribution in [3.63, 3.8) is 0 Å². The summed E-state index contributed by atoms with van der Waals surface area (Å²) in [5.41, 5.74) is 6.38. The smallest absolute Gasteiger partial charge is 0.232 e. The molecule has 5 heteroatoms. The molecule has 1 aliphatic rings. The average Bonchev–Trinajstić information content (AvgIpc) is 2.40. The van der Waals surface area contributed by atoms with Gasteiger partial charge in [0, 0.05) is 23.7 Å². The number of nitrogen functional groups attached to an aromatic ring is 1. The average molecular weight is 285 g/mol. The lowest BCUT2D eigenvalue weighted by Gasteiger charge is -2.26. The minimum Gasteiger partial charge on any atom is -0.399 e. The van der Waals surface area contributed by atoms with Crippen molar-refractivity contribution in [2.45, 2.75) is 24.2 Å². The van der Waals surface area contributed by atoms with Crippen molar-refractivity contribution >= 4 is 35.0 Å². The van der Waals surface area contributed by atoms with Gasteiger partial charge < -0.3 is 10.6 Å². The second-order valence-corrected chi connectivity index (χ2v) is 5.84. The maximum Gasteiger partial charge on any atom is 0.232 e. The number of halogens is 1. The maximum atomic E-state index is 12.0. The van der Waals surface area contributed by atoms with E-state index in [1.165, 1.54) is 18.2 Å². The molecular weight excluding hydrogens is 268 g/mol. The largest absolute Gasteiger partial charge is 0.399 e. The standard InChI is InChI=1S/C13H17ClN2OS/c14-11-5-4-10(15)8-12(11)18-9-13(17)16-6-2-1-3-7-16/h4-5,8H,1-3,6-7,9,15H2. The van der Waals surface area contributed by atoms with Crippen LogP contribution in [0.4, 0.5) is 5.69 Å². The Morgan fingerprint density at radius 1 is 1.33 bits per heavy atom. The summed E-state index contributed by atoms with van der Waals surface area (Å²) in [5.74, 6) is 0.626. The van der Waals surface area contributed by atoms with Crippen LogP contribution < -0.4 is 5.73 Å². The molecule has 1 aromatic rings. The van der Waals surface area contributed by atoms with Gasteiger partial charge in [0.1, 0.15) is 0 Å². The third-order valence-corrected chi connectivity index (χ3v) is 4.50. The zero-order chi connectivity index (χ0) is 13.0. The molecule has 0 aliphatic carbocycles. The van der Waals surface area contributed by atoms with Gasteiger partial charge in [-0.2, -0.15) is 0 Å². The zero-order valence-corrected chi connectivity index (χ0v) is 11.8. The van der Waals surface area contributed by atoms with Crippen LogP contribution in [0.3, 0.4) is 0 Å². The summed E-state index contributed by atoms with van der Waals surface area (Å²) in [7, 11) is 0. The Bertz CT molecular complexity index is 433. The highest BCUT2D eigenvalue weighted by molar-refractivity contribution is 8.00. The molecule has 0 saturated carbocycles. The predicted molar refractivity (Wildman–Crippen MR) is 77.0 cm³/mol. The van der Waals surface area contributed by atoms with Gasteiger partial charge in [-0.25, -0.2) is 0 Å². The van der Waals surface area contributed by atoms with Crippen LogP contribution in [-0.2, 0) is 4.79 Å². The van der Waals surface area contributed by atoms with Crippen LogP contribution in [0.15, 0.2) is 23.1 Å². The van der Waals surface area contributed by atoms with Crippen molar-refractivity contribution in [1.29, 1.82) is 0 Å². The number of likely N-dealkylation sites (tertiary alicyclic amines) is 1. The first-order valence-corrected chi connectivity index (χ1v) is 7.49. The van der Waals surface area contributed by atoms with Crippen LogP contribution in [-0.4, -0.2) is 29.6 Å². The molecule has 1 amide bonds. The number of nitrogens with two attached hydrogens (primary N) is 1. The molecule has 1 aliphatic heterocycles. The van der Waals surface area contributed by atoms with Crippen molar-refractivity contribution in [2.24, 2.45) is 0 Å². The number of carbonyl (C=O) groups is 1. The summed E-state index contributed by atoms with van der Waals surface area (Å²) in [5, 5.41) is 0.653. The lowest BCUT2D eigenvalue weighted by molar-refractivity contribution is -0.129. The number of piperidine rings is 1. The fraction of sp³-hybridized carbons (Fsp3) is 0.462. The van der Waals surface area contributed by atoms with Gasteiger partial charge in [-0.15, -0.1) is 11.8 Å². The molecule has 98 valence electrons. The predicted octanol–water partition coefficient (Wildman–Crippen LogP) is 3.03. The molecule has 0 unspecified atom stereocenters. The number of anilines is 1. The lowest BCUT2D eigenvalue weighted by Crippen LogP contribution is -2.36. The minimum absolute atomic E-state index is 0.193. The van der Waals surface area contributed by atoms with E-state index in [0.29, 0.717) is 16.5 Å². The topological polar surface area (TPSA) is 46.3 Å². The Balaban J connectivity index is 1.90. The second-order valence-electron chi connectivity index (χ2n) is 4.42. The summed E-state index contributed by atoms with van der Waals surface area (Å²) in [4.78, 5) is 14.8. The molecule has 18 heavy (non-hydrogen) atoms. The third-order valence-electron chi connectivity index (χ3n) is 3.02. The highest BCUT2D eigenvalue weighted by atomic mass is 35.5. The van der Waals surface area contributed by atoms with E-state index in [1.807, 2.05) is 11.0 Å². The first-order chi connectivity index (χ1) is 8.66. The van der Waals surface area contributed by atoms with Gasteiger partial charge in [-0.1, -0.05) is 11.6 Å². The molecule has 2 rings (SSSR count). The fourth-order valence-electron chi connectivity index (χ4n) is 2.00. The summed E-state index contributed by atoms with van der Waals surface area (Å²) >= 11 is 7.52. The number of hydrogen-bond acceptors (Lipinski definition) is 3. The van der Waals surface area contributed by atoms with Gasteiger partial charge in [0.2, 0.25) is 5.91 Å². The first kappa shape index (κ1) is 13.6. The highest BCUT2D eigenvalue weighted by Crippen LogP contribution is 2.29. The molecule has 1 fully saturated rings. The number of hydrogen-bond donors (Lipinski definition) is 1. The Labute approximate surface area is 117 Å². The van der Waals surface area contributed by atoms with Gasteiger partial charge in [0.25, 0.3) is 0 Å². The van der Waals surface area contributed by atoms with E-state index in [1.54, 1.807) is 12.1 Å². The van der Waals surface area contributed by atoms with Crippen molar-refractivity contribution in [3.05, 3.63) is 23.2 Å². The summed E-state index contributed by atoms with van der Waals surface area (Å²) in [6.45, 7) is 1.79. The molecule has 0 bridgehead atoms. The van der Waals surface area contributed by atoms with Crippen LogP contribution in [0.25, 0.3) is 0 Å². The number of thioether (sulfide) groups is 1. The van der Waals surface area contributed by atoms with Crippen molar-refractivity contribution in [1.82, 2.24) is 4.90 Å². The number of rotatable bonds is 3. The van der Waals surface area contributed by atoms with Crippen LogP contribution in [0.2, 0.25) is 5.02 Å². The molecule has 1 aromatic carbocycles. The van der Waals surface area contributed by atoms with Crippen LogP contribution in [0, 0.1) is 0 Å². The molecule has 0 radical (unpaired) electrons. The molecule has 3 nitrogen and oxygen atoms in total. The van der Waals surface area contributed by atoms with E-state index in [4.69, 9.17) is 17.3 Å². The normalized spacial score (nSPS) is 15.7. The molecule has 0 atom stereocenters. The highest BCUT2D eigenvalue weighted by Gasteiger charge is 2.16. The van der Waals surface area contributed by atoms with Gasteiger partial charge in [-0.05, 0) is 37.5 Å². The lowest BCUT2D eigenvalue weighted by atomic mass is 10.1. The van der Waals surface area contributed by atoms with Crippen LogP contribution >= 0.6 is 23.4 Å². The van der Waals surface area contributed by atoms with Gasteiger partial charge in [-0.3, -0.25) is 4.79 Å². The third kappa shape index (κ3) is 3.56. The van der Waals surface area contributed by atoms with Crippen molar-refractivity contribution < 1.29 is 4.79 Å². The van der Waals surface area contributed by atoms with Gasteiger partial charge in [0.05, 0.1) is 10.8 Å².